The van der Waals surface area contributed by atoms with Crippen molar-refractivity contribution in [2.24, 2.45) is 0 Å². The van der Waals surface area contributed by atoms with Crippen molar-refractivity contribution in [3.05, 3.63) is 65.5 Å². The summed E-state index contributed by atoms with van der Waals surface area (Å²) < 4.78 is 18.1. The fraction of sp³-hybridized carbons (Fsp3) is 0.167. The fourth-order valence-corrected chi connectivity index (χ4v) is 1.96. The molecule has 1 atom stereocenters. The highest BCUT2D eigenvalue weighted by Crippen LogP contribution is 2.13. The highest BCUT2D eigenvalue weighted by atomic mass is 19.1. The maximum Gasteiger partial charge on any atom is 0.339 e. The number of carbonyl (C=O) groups excluding carboxylic acids is 3. The van der Waals surface area contributed by atoms with Crippen molar-refractivity contribution in [3.63, 3.8) is 0 Å². The summed E-state index contributed by atoms with van der Waals surface area (Å²) in [4.78, 5) is 35.3. The van der Waals surface area contributed by atoms with Crippen molar-refractivity contribution in [1.29, 1.82) is 0 Å². The largest absolute Gasteiger partial charge is 0.449 e. The van der Waals surface area contributed by atoms with Crippen LogP contribution in [0.5, 0.6) is 0 Å². The Balaban J connectivity index is 2.01. The van der Waals surface area contributed by atoms with Gasteiger partial charge in [0.15, 0.2) is 11.9 Å². The van der Waals surface area contributed by atoms with Crippen molar-refractivity contribution in [3.8, 4) is 0 Å². The molecule has 0 saturated carbocycles. The Morgan fingerprint density at radius 1 is 1.04 bits per heavy atom. The summed E-state index contributed by atoms with van der Waals surface area (Å²) in [6.45, 7) is 2.83. The zero-order valence-electron chi connectivity index (χ0n) is 13.2. The molecule has 1 amide bonds. The van der Waals surface area contributed by atoms with Gasteiger partial charge >= 0.3 is 5.97 Å². The molecule has 2 rings (SSSR count). The van der Waals surface area contributed by atoms with Crippen molar-refractivity contribution >= 4 is 23.3 Å². The topological polar surface area (TPSA) is 72.5 Å². The third kappa shape index (κ3) is 4.49. The minimum absolute atomic E-state index is 0.0215. The molecule has 0 aliphatic heterocycles. The minimum atomic E-state index is -1.08. The normalized spacial score (nSPS) is 11.5. The Morgan fingerprint density at radius 3 is 2.38 bits per heavy atom. The first kappa shape index (κ1) is 17.3. The van der Waals surface area contributed by atoms with E-state index in [1.807, 2.05) is 0 Å². The van der Waals surface area contributed by atoms with Gasteiger partial charge in [-0.3, -0.25) is 9.59 Å². The third-order valence-electron chi connectivity index (χ3n) is 3.25. The van der Waals surface area contributed by atoms with Crippen molar-refractivity contribution in [1.82, 2.24) is 0 Å². The van der Waals surface area contributed by atoms with E-state index >= 15 is 0 Å². The van der Waals surface area contributed by atoms with Crippen LogP contribution in [0, 0.1) is 5.82 Å². The summed E-state index contributed by atoms with van der Waals surface area (Å²) in [5.74, 6) is -2.05. The summed E-state index contributed by atoms with van der Waals surface area (Å²) in [5, 5.41) is 2.56. The summed E-state index contributed by atoms with van der Waals surface area (Å²) in [7, 11) is 0. The van der Waals surface area contributed by atoms with Gasteiger partial charge in [0.05, 0.1) is 5.56 Å². The summed E-state index contributed by atoms with van der Waals surface area (Å²) in [6, 6.07) is 11.4. The number of carbonyl (C=O) groups is 3. The van der Waals surface area contributed by atoms with E-state index in [9.17, 15) is 18.8 Å². The molecule has 0 aromatic heterocycles. The maximum atomic E-state index is 13.1. The number of halogens is 1. The molecule has 0 spiro atoms. The lowest BCUT2D eigenvalue weighted by molar-refractivity contribution is -0.123. The Hall–Kier alpha value is -3.02. The number of amides is 1. The van der Waals surface area contributed by atoms with Crippen molar-refractivity contribution < 1.29 is 23.5 Å². The summed E-state index contributed by atoms with van der Waals surface area (Å²) in [6.07, 6.45) is -1.08. The molecule has 0 saturated heterocycles. The molecule has 1 unspecified atom stereocenters. The van der Waals surface area contributed by atoms with E-state index in [1.165, 1.54) is 38.1 Å². The van der Waals surface area contributed by atoms with Gasteiger partial charge in [-0.2, -0.15) is 0 Å². The van der Waals surface area contributed by atoms with Crippen LogP contribution in [0.3, 0.4) is 0 Å². The molecule has 5 nitrogen and oxygen atoms in total. The van der Waals surface area contributed by atoms with Gasteiger partial charge < -0.3 is 10.1 Å². The van der Waals surface area contributed by atoms with Crippen LogP contribution in [0.25, 0.3) is 0 Å². The average molecular weight is 329 g/mol. The van der Waals surface area contributed by atoms with E-state index in [0.717, 1.165) is 6.07 Å². The molecule has 2 aromatic rings. The zero-order valence-corrected chi connectivity index (χ0v) is 13.2. The van der Waals surface area contributed by atoms with Gasteiger partial charge in [-0.25, -0.2) is 9.18 Å². The Morgan fingerprint density at radius 2 is 1.71 bits per heavy atom. The van der Waals surface area contributed by atoms with Crippen LogP contribution in [-0.2, 0) is 9.53 Å². The lowest BCUT2D eigenvalue weighted by Gasteiger charge is -2.14. The molecule has 0 fully saturated rings. The SMILES string of the molecule is CC(=O)c1cccc(NC(=O)C(C)OC(=O)c2cccc(F)c2)c1. The first-order chi connectivity index (χ1) is 11.4. The van der Waals surface area contributed by atoms with Crippen molar-refractivity contribution in [2.75, 3.05) is 5.32 Å². The van der Waals surface area contributed by atoms with Gasteiger partial charge in [0.25, 0.3) is 5.91 Å². The van der Waals surface area contributed by atoms with Gasteiger partial charge in [-0.15, -0.1) is 0 Å². The lowest BCUT2D eigenvalue weighted by atomic mass is 10.1. The van der Waals surface area contributed by atoms with E-state index in [0.29, 0.717) is 11.3 Å². The molecular formula is C18H16FNO4. The number of nitrogens with one attached hydrogen (secondary N) is 1. The van der Waals surface area contributed by atoms with Crippen LogP contribution < -0.4 is 5.32 Å². The minimum Gasteiger partial charge on any atom is -0.449 e. The highest BCUT2D eigenvalue weighted by molar-refractivity contribution is 5.99. The second-order valence-corrected chi connectivity index (χ2v) is 5.18. The standard InChI is InChI=1S/C18H16FNO4/c1-11(21)13-5-4-8-16(10-13)20-17(22)12(2)24-18(23)14-6-3-7-15(19)9-14/h3-10,12H,1-2H3,(H,20,22). The number of ketones is 1. The van der Waals surface area contributed by atoms with Crippen LogP contribution in [0.4, 0.5) is 10.1 Å². The number of hydrogen-bond donors (Lipinski definition) is 1. The Kier molecular flexibility index (Phi) is 5.42. The molecule has 0 aliphatic carbocycles. The predicted octanol–water partition coefficient (Wildman–Crippen LogP) is 3.21. The molecule has 0 radical (unpaired) electrons. The number of benzene rings is 2. The smallest absolute Gasteiger partial charge is 0.339 e. The van der Waals surface area contributed by atoms with E-state index in [1.54, 1.807) is 18.2 Å². The van der Waals surface area contributed by atoms with Gasteiger partial charge in [-0.05, 0) is 44.2 Å². The van der Waals surface area contributed by atoms with E-state index < -0.39 is 23.8 Å². The third-order valence-corrected chi connectivity index (χ3v) is 3.25. The second-order valence-electron chi connectivity index (χ2n) is 5.18. The lowest BCUT2D eigenvalue weighted by Crippen LogP contribution is -2.30. The van der Waals surface area contributed by atoms with Crippen LogP contribution in [0.2, 0.25) is 0 Å². The van der Waals surface area contributed by atoms with Gasteiger partial charge in [-0.1, -0.05) is 18.2 Å². The monoisotopic (exact) mass is 329 g/mol. The molecule has 0 heterocycles. The fourth-order valence-electron chi connectivity index (χ4n) is 1.96. The molecule has 24 heavy (non-hydrogen) atoms. The van der Waals surface area contributed by atoms with Crippen LogP contribution in [0.1, 0.15) is 34.6 Å². The van der Waals surface area contributed by atoms with E-state index in [2.05, 4.69) is 5.32 Å². The summed E-state index contributed by atoms with van der Waals surface area (Å²) >= 11 is 0. The second kappa shape index (κ2) is 7.50. The predicted molar refractivity (Wildman–Crippen MR) is 86.4 cm³/mol. The molecule has 124 valence electrons. The highest BCUT2D eigenvalue weighted by Gasteiger charge is 2.19. The number of hydrogen-bond acceptors (Lipinski definition) is 4. The zero-order chi connectivity index (χ0) is 17.7. The molecule has 2 aromatic carbocycles. The molecule has 0 bridgehead atoms. The van der Waals surface area contributed by atoms with Gasteiger partial charge in [0, 0.05) is 11.3 Å². The average Bonchev–Trinajstić information content (AvgIpc) is 2.54. The Labute approximate surface area is 138 Å². The number of esters is 1. The van der Waals surface area contributed by atoms with Gasteiger partial charge in [0.1, 0.15) is 5.82 Å². The number of rotatable bonds is 5. The first-order valence-electron chi connectivity index (χ1n) is 7.25. The van der Waals surface area contributed by atoms with E-state index in [4.69, 9.17) is 4.74 Å². The van der Waals surface area contributed by atoms with E-state index in [-0.39, 0.29) is 11.3 Å². The molecule has 1 N–H and O–H groups in total. The van der Waals surface area contributed by atoms with Gasteiger partial charge in [0.2, 0.25) is 0 Å². The molecular weight excluding hydrogens is 313 g/mol. The molecule has 6 heteroatoms. The quantitative estimate of drug-likeness (QED) is 0.675. The molecule has 0 aliphatic rings. The number of anilines is 1. The number of ether oxygens (including phenoxy) is 1. The van der Waals surface area contributed by atoms with Crippen LogP contribution in [-0.4, -0.2) is 23.8 Å². The first-order valence-corrected chi connectivity index (χ1v) is 7.25. The maximum absolute atomic E-state index is 13.1. The van der Waals surface area contributed by atoms with Crippen molar-refractivity contribution in [2.45, 2.75) is 20.0 Å². The number of Topliss-reactive ketones (excluding diaryl/α,β-unsaturated/α-hetero) is 1. The van der Waals surface area contributed by atoms with Crippen LogP contribution >= 0.6 is 0 Å². The van der Waals surface area contributed by atoms with Crippen LogP contribution in [0.15, 0.2) is 48.5 Å². The summed E-state index contributed by atoms with van der Waals surface area (Å²) in [5.41, 5.74) is 0.895. The Bertz CT molecular complexity index is 788.